The summed E-state index contributed by atoms with van der Waals surface area (Å²) in [5, 5.41) is 15.9. The third-order valence-electron chi connectivity index (χ3n) is 2.08. The minimum absolute atomic E-state index is 0.000714. The second-order valence-corrected chi connectivity index (χ2v) is 4.97. The van der Waals surface area contributed by atoms with E-state index in [1.165, 1.54) is 26.2 Å². The van der Waals surface area contributed by atoms with Crippen LogP contribution in [-0.4, -0.2) is 56.5 Å². The molecule has 3 N–H and O–H groups in total. The molecule has 1 aromatic carbocycles. The fourth-order valence-corrected chi connectivity index (χ4v) is 2.02. The van der Waals surface area contributed by atoms with Crippen molar-refractivity contribution in [3.05, 3.63) is 28.8 Å². The van der Waals surface area contributed by atoms with Crippen molar-refractivity contribution in [2.45, 2.75) is 4.90 Å². The van der Waals surface area contributed by atoms with Crippen LogP contribution in [0.4, 0.5) is 0 Å². The lowest BCUT2D eigenvalue weighted by atomic mass is 10.2. The Balaban J connectivity index is 0.00000122. The van der Waals surface area contributed by atoms with Gasteiger partial charge in [-0.15, -0.1) is 0 Å². The lowest BCUT2D eigenvalue weighted by Crippen LogP contribution is -2.31. The van der Waals surface area contributed by atoms with E-state index < -0.39 is 29.5 Å². The number of halogens is 1. The van der Waals surface area contributed by atoms with Gasteiger partial charge in [0.2, 0.25) is 0 Å². The van der Waals surface area contributed by atoms with E-state index >= 15 is 0 Å². The van der Waals surface area contributed by atoms with Crippen LogP contribution in [0.15, 0.2) is 23.1 Å². The van der Waals surface area contributed by atoms with Crippen molar-refractivity contribution >= 4 is 34.6 Å². The zero-order chi connectivity index (χ0) is 16.6. The first kappa shape index (κ1) is 19.5. The van der Waals surface area contributed by atoms with Crippen molar-refractivity contribution in [2.75, 3.05) is 20.6 Å². The van der Waals surface area contributed by atoms with Crippen LogP contribution in [0.1, 0.15) is 10.4 Å². The van der Waals surface area contributed by atoms with Crippen molar-refractivity contribution < 1.29 is 28.7 Å². The molecule has 0 aromatic heterocycles. The molecule has 0 aliphatic carbocycles. The van der Waals surface area contributed by atoms with Gasteiger partial charge < -0.3 is 19.8 Å². The average molecular weight is 338 g/mol. The average Bonchev–Trinajstić information content (AvgIpc) is 2.38. The molecule has 1 atom stereocenters. The Kier molecular flexibility index (Phi) is 8.74. The number of rotatable bonds is 4. The summed E-state index contributed by atoms with van der Waals surface area (Å²) in [6, 6.07) is 3.71. The monoisotopic (exact) mass is 337 g/mol. The van der Waals surface area contributed by atoms with E-state index in [4.69, 9.17) is 21.9 Å². The van der Waals surface area contributed by atoms with Gasteiger partial charge in [0.05, 0.1) is 5.02 Å². The highest BCUT2D eigenvalue weighted by Gasteiger charge is 2.15. The second-order valence-electron chi connectivity index (χ2n) is 3.66. The van der Waals surface area contributed by atoms with E-state index in [9.17, 15) is 18.4 Å². The molecule has 0 spiro atoms. The van der Waals surface area contributed by atoms with Crippen molar-refractivity contribution in [1.82, 2.24) is 10.4 Å². The summed E-state index contributed by atoms with van der Waals surface area (Å²) in [5.74, 6) is -1.76. The molecular weight excluding hydrogens is 324 g/mol. The van der Waals surface area contributed by atoms with Crippen LogP contribution in [0, 0.1) is 0 Å². The molecule has 8 nitrogen and oxygen atoms in total. The maximum atomic E-state index is 11.8. The SMILES string of the molecule is CN(CC(=O)O)C(=O)c1ccc(Cl)c(S(=O)[O-])c1.CNO. The van der Waals surface area contributed by atoms with Gasteiger partial charge in [-0.2, -0.15) is 0 Å². The molecule has 0 heterocycles. The number of amides is 1. The molecule has 1 rings (SSSR count). The van der Waals surface area contributed by atoms with Gasteiger partial charge in [0, 0.05) is 24.6 Å². The van der Waals surface area contributed by atoms with E-state index in [1.807, 2.05) is 0 Å². The predicted octanol–water partition coefficient (Wildman–Crippen LogP) is 0.330. The van der Waals surface area contributed by atoms with Crippen LogP contribution in [0.3, 0.4) is 0 Å². The van der Waals surface area contributed by atoms with Gasteiger partial charge in [-0.05, 0) is 29.3 Å². The van der Waals surface area contributed by atoms with Crippen molar-refractivity contribution in [3.8, 4) is 0 Å². The quantitative estimate of drug-likeness (QED) is 0.533. The minimum atomic E-state index is -2.56. The summed E-state index contributed by atoms with van der Waals surface area (Å²) in [6.07, 6.45) is 0. The Bertz CT molecular complexity index is 539. The molecule has 0 bridgehead atoms. The number of hydrogen-bond acceptors (Lipinski definition) is 6. The first-order chi connectivity index (χ1) is 9.74. The zero-order valence-electron chi connectivity index (χ0n) is 11.2. The summed E-state index contributed by atoms with van der Waals surface area (Å²) >= 11 is 3.09. The van der Waals surface area contributed by atoms with E-state index in [2.05, 4.69) is 0 Å². The highest BCUT2D eigenvalue weighted by molar-refractivity contribution is 7.79. The molecule has 118 valence electrons. The van der Waals surface area contributed by atoms with Gasteiger partial charge >= 0.3 is 5.97 Å². The number of likely N-dealkylation sites (N-methyl/N-ethyl adjacent to an activating group) is 1. The maximum Gasteiger partial charge on any atom is 0.323 e. The number of hydroxylamine groups is 1. The third-order valence-corrected chi connectivity index (χ3v) is 3.22. The molecule has 0 saturated carbocycles. The number of carbonyl (C=O) groups excluding carboxylic acids is 1. The van der Waals surface area contributed by atoms with Gasteiger partial charge in [-0.3, -0.25) is 13.8 Å². The van der Waals surface area contributed by atoms with Gasteiger partial charge in [-0.25, -0.2) is 5.48 Å². The molecule has 0 aliphatic heterocycles. The van der Waals surface area contributed by atoms with Crippen LogP contribution in [0.25, 0.3) is 0 Å². The summed E-state index contributed by atoms with van der Waals surface area (Å²) in [4.78, 5) is 23.0. The molecule has 0 saturated heterocycles. The van der Waals surface area contributed by atoms with Gasteiger partial charge in [0.1, 0.15) is 6.54 Å². The number of carbonyl (C=O) groups is 2. The zero-order valence-corrected chi connectivity index (χ0v) is 12.8. The van der Waals surface area contributed by atoms with E-state index in [1.54, 1.807) is 5.48 Å². The summed E-state index contributed by atoms with van der Waals surface area (Å²) in [6.45, 7) is -0.475. The third kappa shape index (κ3) is 6.65. The van der Waals surface area contributed by atoms with Crippen molar-refractivity contribution in [3.63, 3.8) is 0 Å². The normalized spacial score (nSPS) is 11.1. The Labute approximate surface area is 128 Å². The van der Waals surface area contributed by atoms with Crippen molar-refractivity contribution in [2.24, 2.45) is 0 Å². The Morgan fingerprint density at radius 1 is 1.48 bits per heavy atom. The second kappa shape index (κ2) is 9.42. The first-order valence-corrected chi connectivity index (χ1v) is 6.86. The Morgan fingerprint density at radius 3 is 2.43 bits per heavy atom. The van der Waals surface area contributed by atoms with E-state index in [0.717, 1.165) is 11.0 Å². The highest BCUT2D eigenvalue weighted by Crippen LogP contribution is 2.21. The number of carboxylic acid groups (broad SMARTS) is 1. The van der Waals surface area contributed by atoms with E-state index in [0.29, 0.717) is 0 Å². The number of benzene rings is 1. The van der Waals surface area contributed by atoms with Crippen LogP contribution < -0.4 is 5.48 Å². The first-order valence-electron chi connectivity index (χ1n) is 5.41. The van der Waals surface area contributed by atoms with Crippen molar-refractivity contribution in [1.29, 1.82) is 0 Å². The molecule has 0 fully saturated rings. The fraction of sp³-hybridized carbons (Fsp3) is 0.273. The fourth-order valence-electron chi connectivity index (χ4n) is 1.26. The molecule has 1 aromatic rings. The smallest absolute Gasteiger partial charge is 0.323 e. The molecule has 1 amide bonds. The molecule has 0 radical (unpaired) electrons. The van der Waals surface area contributed by atoms with Crippen LogP contribution in [-0.2, 0) is 15.9 Å². The summed E-state index contributed by atoms with van der Waals surface area (Å²) < 4.78 is 21.7. The summed E-state index contributed by atoms with van der Waals surface area (Å²) in [5.41, 5.74) is 1.81. The lowest BCUT2D eigenvalue weighted by Gasteiger charge is -2.16. The van der Waals surface area contributed by atoms with Gasteiger partial charge in [-0.1, -0.05) is 11.6 Å². The van der Waals surface area contributed by atoms with Crippen LogP contribution in [0.2, 0.25) is 5.02 Å². The number of nitrogens with one attached hydrogen (secondary N) is 1. The number of nitrogens with zero attached hydrogens (tertiary/aromatic N) is 1. The Morgan fingerprint density at radius 2 is 2.00 bits per heavy atom. The topological polar surface area (TPSA) is 130 Å². The van der Waals surface area contributed by atoms with E-state index in [-0.39, 0.29) is 15.5 Å². The number of aliphatic carboxylic acids is 1. The molecular formula is C11H14ClN2O6S-. The lowest BCUT2D eigenvalue weighted by molar-refractivity contribution is -0.137. The largest absolute Gasteiger partial charge is 0.768 e. The van der Waals surface area contributed by atoms with Crippen LogP contribution >= 0.6 is 11.6 Å². The standard InChI is InChI=1S/C10H10ClNO5S.CH5NO/c1-12(5-9(13)14)10(15)6-2-3-7(11)8(4-6)18(16)17;1-2-3/h2-4H,5H2,1H3,(H,13,14)(H,16,17);2-3H,1H3/p-1. The molecule has 10 heteroatoms. The minimum Gasteiger partial charge on any atom is -0.768 e. The highest BCUT2D eigenvalue weighted by atomic mass is 35.5. The number of hydrogen-bond donors (Lipinski definition) is 3. The predicted molar refractivity (Wildman–Crippen MR) is 74.1 cm³/mol. The van der Waals surface area contributed by atoms with Gasteiger partial charge in [0.25, 0.3) is 5.91 Å². The van der Waals surface area contributed by atoms with Crippen LogP contribution in [0.5, 0.6) is 0 Å². The Hall–Kier alpha value is -1.52. The van der Waals surface area contributed by atoms with Gasteiger partial charge in [0.15, 0.2) is 0 Å². The molecule has 1 unspecified atom stereocenters. The number of carboxylic acids is 1. The molecule has 0 aliphatic rings. The maximum absolute atomic E-state index is 11.8. The summed E-state index contributed by atoms with van der Waals surface area (Å²) in [7, 11) is 2.74. The molecule has 21 heavy (non-hydrogen) atoms.